The zero-order valence-electron chi connectivity index (χ0n) is 22.1. The number of halogens is 4. The number of aliphatic hydroxyl groups is 1. The normalized spacial score (nSPS) is 22.4. The second-order valence-electron chi connectivity index (χ2n) is 10.2. The van der Waals surface area contributed by atoms with Gasteiger partial charge in [-0.2, -0.15) is 21.6 Å². The molecule has 1 saturated heterocycles. The first-order valence-electron chi connectivity index (χ1n) is 13.0. The van der Waals surface area contributed by atoms with Crippen LogP contribution in [0.5, 0.6) is 11.5 Å². The molecule has 2 unspecified atom stereocenters. The fourth-order valence-electron chi connectivity index (χ4n) is 5.35. The lowest BCUT2D eigenvalue weighted by Gasteiger charge is -2.43. The number of hydrogen-bond acceptors (Lipinski definition) is 7. The van der Waals surface area contributed by atoms with Crippen LogP contribution in [0.1, 0.15) is 42.1 Å². The molecule has 218 valence electrons. The fourth-order valence-corrected chi connectivity index (χ4v) is 5.92. The van der Waals surface area contributed by atoms with E-state index in [1.807, 2.05) is 31.2 Å². The minimum Gasteiger partial charge on any atom is -0.487 e. The van der Waals surface area contributed by atoms with Crippen molar-refractivity contribution >= 4 is 27.3 Å². The third kappa shape index (κ3) is 6.08. The summed E-state index contributed by atoms with van der Waals surface area (Å²) in [6.45, 7) is 4.13. The summed E-state index contributed by atoms with van der Waals surface area (Å²) < 4.78 is 72.4. The highest BCUT2D eigenvalue weighted by atomic mass is 35.5. The highest BCUT2D eigenvalue weighted by Gasteiger charge is 2.48. The average molecular weight is 609 g/mol. The van der Waals surface area contributed by atoms with Crippen LogP contribution in [0.3, 0.4) is 0 Å². The standard InChI is InChI=1S/C29H28ClF3N2O5S/c1-19-17-35(15-12-28(19,36)20-6-8-21(30)9-7-20)14-3-5-23-24-4-2-13-34-26(24)18-39-27-11-10-22(16-25(23)27)40-41(37,38)29(31,32)33/h2,4-11,13,16,19,36H,3,12,14-15,17-18H2,1H3. The molecule has 12 heteroatoms. The van der Waals surface area contributed by atoms with E-state index >= 15 is 0 Å². The molecule has 0 spiro atoms. The fraction of sp³-hybridized carbons (Fsp3) is 0.345. The van der Waals surface area contributed by atoms with Crippen LogP contribution in [0.4, 0.5) is 13.2 Å². The average Bonchev–Trinajstić information content (AvgIpc) is 3.07. The summed E-state index contributed by atoms with van der Waals surface area (Å²) in [7, 11) is -5.84. The molecule has 1 aromatic heterocycles. The van der Waals surface area contributed by atoms with Gasteiger partial charge in [0.25, 0.3) is 0 Å². The number of hydrogen-bond donors (Lipinski definition) is 1. The monoisotopic (exact) mass is 608 g/mol. The van der Waals surface area contributed by atoms with Gasteiger partial charge in [0.05, 0.1) is 11.3 Å². The van der Waals surface area contributed by atoms with Gasteiger partial charge in [-0.1, -0.05) is 42.8 Å². The van der Waals surface area contributed by atoms with Crippen LogP contribution in [0, 0.1) is 5.92 Å². The number of nitrogens with zero attached hydrogens (tertiary/aromatic N) is 2. The Morgan fingerprint density at radius 3 is 2.66 bits per heavy atom. The van der Waals surface area contributed by atoms with E-state index in [0.717, 1.165) is 17.2 Å². The summed E-state index contributed by atoms with van der Waals surface area (Å²) in [5, 5.41) is 12.0. The van der Waals surface area contributed by atoms with Crippen LogP contribution in [0.25, 0.3) is 5.57 Å². The van der Waals surface area contributed by atoms with Gasteiger partial charge in [-0.25, -0.2) is 0 Å². The molecule has 0 saturated carbocycles. The van der Waals surface area contributed by atoms with Crippen LogP contribution < -0.4 is 8.92 Å². The lowest BCUT2D eigenvalue weighted by Crippen LogP contribution is -2.49. The number of alkyl halides is 3. The number of aromatic nitrogens is 1. The Morgan fingerprint density at radius 2 is 1.95 bits per heavy atom. The van der Waals surface area contributed by atoms with Crippen molar-refractivity contribution in [2.75, 3.05) is 19.6 Å². The van der Waals surface area contributed by atoms with Crippen LogP contribution in [0.15, 0.2) is 66.9 Å². The lowest BCUT2D eigenvalue weighted by molar-refractivity contribution is -0.0706. The molecule has 3 aromatic rings. The van der Waals surface area contributed by atoms with Crippen LogP contribution in [-0.2, 0) is 22.3 Å². The summed E-state index contributed by atoms with van der Waals surface area (Å²) in [5.74, 6) is -0.155. The van der Waals surface area contributed by atoms with Crippen LogP contribution in [-0.4, -0.2) is 48.6 Å². The predicted octanol–water partition coefficient (Wildman–Crippen LogP) is 5.91. The zero-order chi connectivity index (χ0) is 29.4. The van der Waals surface area contributed by atoms with Gasteiger partial charge in [-0.15, -0.1) is 0 Å². The molecular weight excluding hydrogens is 581 g/mol. The molecule has 0 bridgehead atoms. The summed E-state index contributed by atoms with van der Waals surface area (Å²) in [4.78, 5) is 6.65. The molecule has 0 amide bonds. The maximum atomic E-state index is 12.9. The smallest absolute Gasteiger partial charge is 0.487 e. The molecular formula is C29H28ClF3N2O5S. The minimum atomic E-state index is -5.84. The van der Waals surface area contributed by atoms with Crippen molar-refractivity contribution in [1.82, 2.24) is 9.88 Å². The van der Waals surface area contributed by atoms with Gasteiger partial charge in [0.1, 0.15) is 18.1 Å². The molecule has 2 aliphatic heterocycles. The molecule has 41 heavy (non-hydrogen) atoms. The van der Waals surface area contributed by atoms with Crippen molar-refractivity contribution in [3.63, 3.8) is 0 Å². The Kier molecular flexibility index (Phi) is 8.08. The first-order valence-corrected chi connectivity index (χ1v) is 14.8. The Labute approximate surface area is 241 Å². The van der Waals surface area contributed by atoms with Gasteiger partial charge in [-0.05, 0) is 60.4 Å². The van der Waals surface area contributed by atoms with E-state index in [0.29, 0.717) is 60.1 Å². The van der Waals surface area contributed by atoms with Gasteiger partial charge >= 0.3 is 15.6 Å². The number of fused-ring (bicyclic) bond motifs is 2. The topological polar surface area (TPSA) is 89.0 Å². The third-order valence-corrected chi connectivity index (χ3v) is 8.80. The summed E-state index contributed by atoms with van der Waals surface area (Å²) in [6, 6.07) is 14.6. The molecule has 3 heterocycles. The van der Waals surface area contributed by atoms with E-state index in [4.69, 9.17) is 16.3 Å². The second-order valence-corrected chi connectivity index (χ2v) is 12.2. The Bertz CT molecular complexity index is 1560. The second kappa shape index (κ2) is 11.3. The lowest BCUT2D eigenvalue weighted by atomic mass is 9.77. The van der Waals surface area contributed by atoms with Gasteiger partial charge in [0.15, 0.2) is 0 Å². The number of benzene rings is 2. The first kappa shape index (κ1) is 29.4. The van der Waals surface area contributed by atoms with E-state index in [2.05, 4.69) is 14.1 Å². The van der Waals surface area contributed by atoms with Crippen molar-refractivity contribution in [3.8, 4) is 11.5 Å². The molecule has 1 N–H and O–H groups in total. The molecule has 1 fully saturated rings. The predicted molar refractivity (Wildman–Crippen MR) is 148 cm³/mol. The molecule has 0 radical (unpaired) electrons. The molecule has 2 aliphatic rings. The Balaban J connectivity index is 1.38. The minimum absolute atomic E-state index is 0.0442. The summed E-state index contributed by atoms with van der Waals surface area (Å²) in [5.41, 5.74) is -3.27. The SMILES string of the molecule is CC1CN(CCC=C2c3cc(OS(=O)(=O)C(F)(F)F)ccc3OCc3ncccc32)CCC1(O)c1ccc(Cl)cc1. The largest absolute Gasteiger partial charge is 0.534 e. The summed E-state index contributed by atoms with van der Waals surface area (Å²) in [6.07, 6.45) is 4.68. The number of piperidine rings is 1. The van der Waals surface area contributed by atoms with Gasteiger partial charge < -0.3 is 18.9 Å². The molecule has 5 rings (SSSR count). The van der Waals surface area contributed by atoms with E-state index in [9.17, 15) is 26.7 Å². The van der Waals surface area contributed by atoms with E-state index in [1.54, 1.807) is 24.4 Å². The molecule has 7 nitrogen and oxygen atoms in total. The molecule has 2 aromatic carbocycles. The van der Waals surface area contributed by atoms with Gasteiger partial charge in [-0.3, -0.25) is 4.98 Å². The van der Waals surface area contributed by atoms with Crippen molar-refractivity contribution in [2.24, 2.45) is 5.92 Å². The molecule has 0 aliphatic carbocycles. The van der Waals surface area contributed by atoms with Crippen molar-refractivity contribution < 1.29 is 35.6 Å². The number of likely N-dealkylation sites (tertiary alicyclic amines) is 1. The van der Waals surface area contributed by atoms with Crippen molar-refractivity contribution in [1.29, 1.82) is 0 Å². The van der Waals surface area contributed by atoms with Crippen molar-refractivity contribution in [2.45, 2.75) is 37.5 Å². The number of pyridine rings is 1. The maximum absolute atomic E-state index is 12.9. The Morgan fingerprint density at radius 1 is 1.20 bits per heavy atom. The maximum Gasteiger partial charge on any atom is 0.534 e. The van der Waals surface area contributed by atoms with E-state index < -0.39 is 27.0 Å². The van der Waals surface area contributed by atoms with Crippen LogP contribution >= 0.6 is 11.6 Å². The van der Waals surface area contributed by atoms with Crippen LogP contribution in [0.2, 0.25) is 5.02 Å². The summed E-state index contributed by atoms with van der Waals surface area (Å²) >= 11 is 6.02. The van der Waals surface area contributed by atoms with Gasteiger partial charge in [0, 0.05) is 47.9 Å². The van der Waals surface area contributed by atoms with Crippen molar-refractivity contribution in [3.05, 3.63) is 94.3 Å². The first-order chi connectivity index (χ1) is 19.4. The molecule has 2 atom stereocenters. The highest BCUT2D eigenvalue weighted by Crippen LogP contribution is 2.40. The van der Waals surface area contributed by atoms with E-state index in [1.165, 1.54) is 12.1 Å². The zero-order valence-corrected chi connectivity index (χ0v) is 23.6. The number of rotatable bonds is 6. The highest BCUT2D eigenvalue weighted by molar-refractivity contribution is 7.88. The number of ether oxygens (including phenoxy) is 1. The Hall–Kier alpha value is -3.12. The van der Waals surface area contributed by atoms with E-state index in [-0.39, 0.29) is 12.5 Å². The third-order valence-electron chi connectivity index (χ3n) is 7.57. The quantitative estimate of drug-likeness (QED) is 0.275. The van der Waals surface area contributed by atoms with Gasteiger partial charge in [0.2, 0.25) is 0 Å².